The maximum Gasteiger partial charge on any atom is 0.161 e. The second-order valence-corrected chi connectivity index (χ2v) is 6.13. The summed E-state index contributed by atoms with van der Waals surface area (Å²) in [6.07, 6.45) is 5.14. The molecule has 3 rings (SSSR count). The van der Waals surface area contributed by atoms with Gasteiger partial charge in [-0.1, -0.05) is 25.8 Å². The van der Waals surface area contributed by atoms with Gasteiger partial charge in [0, 0.05) is 13.0 Å². The van der Waals surface area contributed by atoms with Crippen LogP contribution in [-0.2, 0) is 6.54 Å². The lowest BCUT2D eigenvalue weighted by Crippen LogP contribution is -2.23. The van der Waals surface area contributed by atoms with E-state index in [0.29, 0.717) is 0 Å². The van der Waals surface area contributed by atoms with Gasteiger partial charge in [0.15, 0.2) is 11.5 Å². The van der Waals surface area contributed by atoms with Crippen LogP contribution in [0.25, 0.3) is 0 Å². The second kappa shape index (κ2) is 6.49. The Morgan fingerprint density at radius 3 is 2.75 bits per heavy atom. The summed E-state index contributed by atoms with van der Waals surface area (Å²) in [5, 5.41) is 3.60. The first-order valence-electron chi connectivity index (χ1n) is 7.92. The summed E-state index contributed by atoms with van der Waals surface area (Å²) < 4.78 is 11.4. The van der Waals surface area contributed by atoms with Crippen molar-refractivity contribution in [2.45, 2.75) is 39.2 Å². The van der Waals surface area contributed by atoms with Crippen molar-refractivity contribution in [3.05, 3.63) is 23.8 Å². The van der Waals surface area contributed by atoms with Crippen LogP contribution in [0.5, 0.6) is 11.5 Å². The molecule has 2 atom stereocenters. The van der Waals surface area contributed by atoms with Gasteiger partial charge in [-0.05, 0) is 42.5 Å². The summed E-state index contributed by atoms with van der Waals surface area (Å²) >= 11 is 0. The van der Waals surface area contributed by atoms with Gasteiger partial charge < -0.3 is 14.8 Å². The molecule has 2 aliphatic rings. The normalized spacial score (nSPS) is 25.4. The largest absolute Gasteiger partial charge is 0.490 e. The van der Waals surface area contributed by atoms with Crippen LogP contribution >= 0.6 is 0 Å². The van der Waals surface area contributed by atoms with E-state index >= 15 is 0 Å². The molecule has 0 bridgehead atoms. The number of nitrogens with one attached hydrogen (secondary N) is 1. The molecule has 2 unspecified atom stereocenters. The van der Waals surface area contributed by atoms with Crippen molar-refractivity contribution >= 4 is 0 Å². The number of hydrogen-bond acceptors (Lipinski definition) is 3. The average Bonchev–Trinajstić information content (AvgIpc) is 2.73. The number of rotatable bonds is 4. The predicted molar refractivity (Wildman–Crippen MR) is 80.3 cm³/mol. The fraction of sp³-hybridized carbons (Fsp3) is 0.647. The van der Waals surface area contributed by atoms with Gasteiger partial charge in [0.2, 0.25) is 0 Å². The van der Waals surface area contributed by atoms with Crippen molar-refractivity contribution in [1.82, 2.24) is 5.32 Å². The molecule has 3 heteroatoms. The summed E-state index contributed by atoms with van der Waals surface area (Å²) in [5.74, 6) is 3.52. The molecule has 20 heavy (non-hydrogen) atoms. The lowest BCUT2D eigenvalue weighted by Gasteiger charge is -2.16. The lowest BCUT2D eigenvalue weighted by atomic mass is 9.98. The van der Waals surface area contributed by atoms with Gasteiger partial charge in [0.05, 0.1) is 13.2 Å². The van der Waals surface area contributed by atoms with Crippen LogP contribution in [-0.4, -0.2) is 19.8 Å². The van der Waals surface area contributed by atoms with E-state index in [2.05, 4.69) is 24.4 Å². The highest BCUT2D eigenvalue weighted by molar-refractivity contribution is 5.43. The standard InChI is InChI=1S/C17H25NO2/c1-13-4-2-5-15(13)12-18-11-14-6-7-16-17(10-14)20-9-3-8-19-16/h6-7,10,13,15,18H,2-5,8-9,11-12H2,1H3. The summed E-state index contributed by atoms with van der Waals surface area (Å²) in [6.45, 7) is 5.94. The lowest BCUT2D eigenvalue weighted by molar-refractivity contribution is 0.297. The molecule has 1 aromatic carbocycles. The molecule has 0 spiro atoms. The molecular formula is C17H25NO2. The Hall–Kier alpha value is -1.22. The molecule has 0 amide bonds. The molecular weight excluding hydrogens is 250 g/mol. The van der Waals surface area contributed by atoms with Gasteiger partial charge in [-0.25, -0.2) is 0 Å². The van der Waals surface area contributed by atoms with Gasteiger partial charge in [0.1, 0.15) is 0 Å². The summed E-state index contributed by atoms with van der Waals surface area (Å²) in [6, 6.07) is 6.29. The Kier molecular flexibility index (Phi) is 4.46. The second-order valence-electron chi connectivity index (χ2n) is 6.13. The molecule has 0 aromatic heterocycles. The van der Waals surface area contributed by atoms with Crippen molar-refractivity contribution < 1.29 is 9.47 Å². The van der Waals surface area contributed by atoms with Crippen molar-refractivity contribution in [2.24, 2.45) is 11.8 Å². The number of ether oxygens (including phenoxy) is 2. The van der Waals surface area contributed by atoms with Gasteiger partial charge in [-0.2, -0.15) is 0 Å². The highest BCUT2D eigenvalue weighted by Gasteiger charge is 2.22. The van der Waals surface area contributed by atoms with E-state index in [0.717, 1.165) is 56.1 Å². The Labute approximate surface area is 121 Å². The van der Waals surface area contributed by atoms with Crippen molar-refractivity contribution in [3.8, 4) is 11.5 Å². The van der Waals surface area contributed by atoms with Crippen molar-refractivity contribution in [3.63, 3.8) is 0 Å². The third-order valence-electron chi connectivity index (χ3n) is 4.59. The number of hydrogen-bond donors (Lipinski definition) is 1. The van der Waals surface area contributed by atoms with E-state index in [1.165, 1.54) is 24.8 Å². The molecule has 110 valence electrons. The minimum atomic E-state index is 0.753. The topological polar surface area (TPSA) is 30.5 Å². The first-order valence-corrected chi connectivity index (χ1v) is 7.92. The van der Waals surface area contributed by atoms with E-state index in [-0.39, 0.29) is 0 Å². The van der Waals surface area contributed by atoms with Crippen molar-refractivity contribution in [1.29, 1.82) is 0 Å². The maximum absolute atomic E-state index is 5.73. The fourth-order valence-electron chi connectivity index (χ4n) is 3.25. The molecule has 1 N–H and O–H groups in total. The SMILES string of the molecule is CC1CCCC1CNCc1ccc2c(c1)OCCCO2. The molecule has 1 heterocycles. The average molecular weight is 275 g/mol. The molecule has 1 aliphatic heterocycles. The Bertz CT molecular complexity index is 447. The summed E-state index contributed by atoms with van der Waals surface area (Å²) in [5.41, 5.74) is 1.28. The van der Waals surface area contributed by atoms with Crippen LogP contribution in [0.4, 0.5) is 0 Å². The van der Waals surface area contributed by atoms with Crippen LogP contribution in [0.1, 0.15) is 38.2 Å². The third kappa shape index (κ3) is 3.26. The van der Waals surface area contributed by atoms with Crippen LogP contribution in [0.3, 0.4) is 0 Å². The van der Waals surface area contributed by atoms with Crippen LogP contribution in [0, 0.1) is 11.8 Å². The van der Waals surface area contributed by atoms with E-state index in [9.17, 15) is 0 Å². The summed E-state index contributed by atoms with van der Waals surface area (Å²) in [4.78, 5) is 0. The van der Waals surface area contributed by atoms with Crippen LogP contribution < -0.4 is 14.8 Å². The van der Waals surface area contributed by atoms with E-state index < -0.39 is 0 Å². The monoisotopic (exact) mass is 275 g/mol. The predicted octanol–water partition coefficient (Wildman–Crippen LogP) is 3.37. The highest BCUT2D eigenvalue weighted by Crippen LogP contribution is 2.31. The van der Waals surface area contributed by atoms with E-state index in [1.54, 1.807) is 0 Å². The van der Waals surface area contributed by atoms with Gasteiger partial charge >= 0.3 is 0 Å². The Balaban J connectivity index is 1.54. The van der Waals surface area contributed by atoms with Crippen LogP contribution in [0.2, 0.25) is 0 Å². The first kappa shape index (κ1) is 13.7. The zero-order valence-corrected chi connectivity index (χ0v) is 12.4. The van der Waals surface area contributed by atoms with E-state index in [4.69, 9.17) is 9.47 Å². The Morgan fingerprint density at radius 1 is 1.10 bits per heavy atom. The van der Waals surface area contributed by atoms with Crippen LogP contribution in [0.15, 0.2) is 18.2 Å². The minimum absolute atomic E-state index is 0.753. The molecule has 1 aliphatic carbocycles. The first-order chi connectivity index (χ1) is 9.83. The minimum Gasteiger partial charge on any atom is -0.490 e. The smallest absolute Gasteiger partial charge is 0.161 e. The van der Waals surface area contributed by atoms with E-state index in [1.807, 2.05) is 6.07 Å². The van der Waals surface area contributed by atoms with Crippen molar-refractivity contribution in [2.75, 3.05) is 19.8 Å². The summed E-state index contributed by atoms with van der Waals surface area (Å²) in [7, 11) is 0. The molecule has 0 saturated heterocycles. The molecule has 1 saturated carbocycles. The molecule has 1 fully saturated rings. The zero-order valence-electron chi connectivity index (χ0n) is 12.4. The third-order valence-corrected chi connectivity index (χ3v) is 4.59. The zero-order chi connectivity index (χ0) is 13.8. The quantitative estimate of drug-likeness (QED) is 0.914. The number of fused-ring (bicyclic) bond motifs is 1. The Morgan fingerprint density at radius 2 is 1.95 bits per heavy atom. The van der Waals surface area contributed by atoms with Gasteiger partial charge in [-0.15, -0.1) is 0 Å². The van der Waals surface area contributed by atoms with Gasteiger partial charge in [0.25, 0.3) is 0 Å². The fourth-order valence-corrected chi connectivity index (χ4v) is 3.25. The number of benzene rings is 1. The molecule has 0 radical (unpaired) electrons. The van der Waals surface area contributed by atoms with Gasteiger partial charge in [-0.3, -0.25) is 0 Å². The molecule has 1 aromatic rings. The highest BCUT2D eigenvalue weighted by atomic mass is 16.5. The molecule has 3 nitrogen and oxygen atoms in total. The maximum atomic E-state index is 5.73.